The summed E-state index contributed by atoms with van der Waals surface area (Å²) in [5.41, 5.74) is 0. The van der Waals surface area contributed by atoms with Crippen molar-refractivity contribution in [2.45, 2.75) is 38.0 Å². The first kappa shape index (κ1) is 17.5. The Labute approximate surface area is 120 Å². The molecule has 1 atom stereocenters. The average Bonchev–Trinajstić information content (AvgIpc) is 2.36. The molecule has 1 saturated heterocycles. The minimum absolute atomic E-state index is 0.0332. The number of alkyl halides is 3. The molecule has 2 amide bonds. The molecule has 1 rings (SSSR count). The molecule has 0 aromatic heterocycles. The standard InChI is InChI=1S/C12H19F3N2O4/c13-12(14,15)3-1-2-4-16-11(20)17-5-6-21-9(8-17)7-10(18)19/h9H,1-8H2,(H,16,20)(H,18,19). The number of ether oxygens (including phenoxy) is 1. The predicted octanol–water partition coefficient (Wildman–Crippen LogP) is 1.60. The SMILES string of the molecule is O=C(O)CC1CN(C(=O)NCCCCC(F)(F)F)CCO1. The van der Waals surface area contributed by atoms with Gasteiger partial charge in [0.25, 0.3) is 0 Å². The van der Waals surface area contributed by atoms with Gasteiger partial charge in [-0.25, -0.2) is 4.79 Å². The number of morpholine rings is 1. The van der Waals surface area contributed by atoms with Crippen LogP contribution in [0.2, 0.25) is 0 Å². The van der Waals surface area contributed by atoms with Crippen LogP contribution in [0.25, 0.3) is 0 Å². The molecule has 0 saturated carbocycles. The molecule has 0 aromatic carbocycles. The number of nitrogens with zero attached hydrogens (tertiary/aromatic N) is 1. The van der Waals surface area contributed by atoms with Crippen LogP contribution < -0.4 is 5.32 Å². The highest BCUT2D eigenvalue weighted by atomic mass is 19.4. The van der Waals surface area contributed by atoms with Crippen LogP contribution in [0.4, 0.5) is 18.0 Å². The van der Waals surface area contributed by atoms with Gasteiger partial charge in [-0.15, -0.1) is 0 Å². The van der Waals surface area contributed by atoms with Crippen molar-refractivity contribution in [1.82, 2.24) is 10.2 Å². The van der Waals surface area contributed by atoms with Crippen LogP contribution in [-0.4, -0.2) is 60.5 Å². The molecular weight excluding hydrogens is 293 g/mol. The average molecular weight is 312 g/mol. The number of aliphatic carboxylic acids is 1. The molecule has 0 aliphatic carbocycles. The van der Waals surface area contributed by atoms with Gasteiger partial charge in [-0.2, -0.15) is 13.2 Å². The molecule has 9 heteroatoms. The number of carbonyl (C=O) groups is 2. The first-order valence-electron chi connectivity index (χ1n) is 6.71. The summed E-state index contributed by atoms with van der Waals surface area (Å²) in [4.78, 5) is 23.8. The fraction of sp³-hybridized carbons (Fsp3) is 0.833. The van der Waals surface area contributed by atoms with Crippen molar-refractivity contribution in [1.29, 1.82) is 0 Å². The molecule has 1 aliphatic heterocycles. The minimum Gasteiger partial charge on any atom is -0.481 e. The maximum absolute atomic E-state index is 11.9. The Morgan fingerprint density at radius 1 is 1.33 bits per heavy atom. The van der Waals surface area contributed by atoms with Gasteiger partial charge in [0.1, 0.15) is 0 Å². The fourth-order valence-corrected chi connectivity index (χ4v) is 1.98. The lowest BCUT2D eigenvalue weighted by Crippen LogP contribution is -2.50. The van der Waals surface area contributed by atoms with Crippen LogP contribution in [0.1, 0.15) is 25.7 Å². The van der Waals surface area contributed by atoms with Gasteiger partial charge in [0, 0.05) is 26.1 Å². The van der Waals surface area contributed by atoms with Crippen LogP contribution in [0, 0.1) is 0 Å². The Kier molecular flexibility index (Phi) is 6.73. The number of rotatable bonds is 6. The van der Waals surface area contributed by atoms with E-state index in [1.807, 2.05) is 0 Å². The normalized spacial score (nSPS) is 19.4. The number of carboxylic acid groups (broad SMARTS) is 1. The quantitative estimate of drug-likeness (QED) is 0.730. The predicted molar refractivity (Wildman–Crippen MR) is 66.9 cm³/mol. The number of halogens is 3. The summed E-state index contributed by atoms with van der Waals surface area (Å²) in [6.45, 7) is 0.917. The number of urea groups is 1. The van der Waals surface area contributed by atoms with E-state index >= 15 is 0 Å². The van der Waals surface area contributed by atoms with Gasteiger partial charge < -0.3 is 20.1 Å². The van der Waals surface area contributed by atoms with Gasteiger partial charge >= 0.3 is 18.2 Å². The number of amides is 2. The third-order valence-electron chi connectivity index (χ3n) is 2.99. The second kappa shape index (κ2) is 8.06. The zero-order valence-corrected chi connectivity index (χ0v) is 11.5. The van der Waals surface area contributed by atoms with Crippen molar-refractivity contribution < 1.29 is 32.6 Å². The van der Waals surface area contributed by atoms with E-state index in [1.54, 1.807) is 0 Å². The second-order valence-corrected chi connectivity index (χ2v) is 4.84. The number of hydrogen-bond acceptors (Lipinski definition) is 3. The maximum atomic E-state index is 11.9. The highest BCUT2D eigenvalue weighted by Gasteiger charge is 2.27. The summed E-state index contributed by atoms with van der Waals surface area (Å²) in [6.07, 6.45) is -5.55. The molecule has 0 aromatic rings. The van der Waals surface area contributed by atoms with Crippen molar-refractivity contribution in [2.75, 3.05) is 26.2 Å². The van der Waals surface area contributed by atoms with Gasteiger partial charge in [-0.05, 0) is 12.8 Å². The molecule has 0 radical (unpaired) electrons. The molecule has 1 heterocycles. The van der Waals surface area contributed by atoms with E-state index in [-0.39, 0.29) is 39.0 Å². The van der Waals surface area contributed by atoms with Crippen molar-refractivity contribution in [3.8, 4) is 0 Å². The van der Waals surface area contributed by atoms with Crippen LogP contribution in [-0.2, 0) is 9.53 Å². The lowest BCUT2D eigenvalue weighted by Gasteiger charge is -2.32. The highest BCUT2D eigenvalue weighted by molar-refractivity contribution is 5.74. The Bertz CT molecular complexity index is 363. The summed E-state index contributed by atoms with van der Waals surface area (Å²) >= 11 is 0. The Morgan fingerprint density at radius 2 is 2.05 bits per heavy atom. The zero-order chi connectivity index (χ0) is 15.9. The topological polar surface area (TPSA) is 78.9 Å². The Balaban J connectivity index is 2.21. The second-order valence-electron chi connectivity index (χ2n) is 4.84. The highest BCUT2D eigenvalue weighted by Crippen LogP contribution is 2.21. The van der Waals surface area contributed by atoms with E-state index in [0.29, 0.717) is 6.54 Å². The molecule has 1 aliphatic rings. The van der Waals surface area contributed by atoms with Gasteiger partial charge in [-0.3, -0.25) is 4.79 Å². The van der Waals surface area contributed by atoms with Gasteiger partial charge in [0.05, 0.1) is 19.1 Å². The first-order chi connectivity index (χ1) is 9.78. The van der Waals surface area contributed by atoms with E-state index in [2.05, 4.69) is 5.32 Å². The summed E-state index contributed by atoms with van der Waals surface area (Å²) in [7, 11) is 0. The van der Waals surface area contributed by atoms with Crippen LogP contribution in [0.5, 0.6) is 0 Å². The van der Waals surface area contributed by atoms with E-state index in [1.165, 1.54) is 4.90 Å². The van der Waals surface area contributed by atoms with E-state index in [0.717, 1.165) is 0 Å². The number of carboxylic acids is 1. The third-order valence-corrected chi connectivity index (χ3v) is 2.99. The summed E-state index contributed by atoms with van der Waals surface area (Å²) in [5, 5.41) is 11.2. The van der Waals surface area contributed by atoms with Crippen molar-refractivity contribution in [3.05, 3.63) is 0 Å². The molecule has 0 bridgehead atoms. The molecule has 6 nitrogen and oxygen atoms in total. The van der Waals surface area contributed by atoms with Crippen LogP contribution in [0.15, 0.2) is 0 Å². The third kappa shape index (κ3) is 7.74. The molecular formula is C12H19F3N2O4. The van der Waals surface area contributed by atoms with Crippen LogP contribution >= 0.6 is 0 Å². The lowest BCUT2D eigenvalue weighted by atomic mass is 10.2. The number of nitrogens with one attached hydrogen (secondary N) is 1. The molecule has 122 valence electrons. The van der Waals surface area contributed by atoms with Gasteiger partial charge in [0.15, 0.2) is 0 Å². The fourth-order valence-electron chi connectivity index (χ4n) is 1.98. The summed E-state index contributed by atoms with van der Waals surface area (Å²) in [6, 6.07) is -0.402. The number of unbranched alkanes of at least 4 members (excludes halogenated alkanes) is 1. The maximum Gasteiger partial charge on any atom is 0.389 e. The van der Waals surface area contributed by atoms with Crippen molar-refractivity contribution >= 4 is 12.0 Å². The lowest BCUT2D eigenvalue weighted by molar-refractivity contribution is -0.141. The van der Waals surface area contributed by atoms with Crippen LogP contribution in [0.3, 0.4) is 0 Å². The van der Waals surface area contributed by atoms with Gasteiger partial charge in [0.2, 0.25) is 0 Å². The monoisotopic (exact) mass is 312 g/mol. The Morgan fingerprint density at radius 3 is 2.67 bits per heavy atom. The molecule has 1 unspecified atom stereocenters. The Hall–Kier alpha value is -1.51. The van der Waals surface area contributed by atoms with E-state index in [4.69, 9.17) is 9.84 Å². The molecule has 21 heavy (non-hydrogen) atoms. The van der Waals surface area contributed by atoms with E-state index in [9.17, 15) is 22.8 Å². The number of carbonyl (C=O) groups excluding carboxylic acids is 1. The van der Waals surface area contributed by atoms with E-state index < -0.39 is 30.7 Å². The smallest absolute Gasteiger partial charge is 0.389 e. The number of hydrogen-bond donors (Lipinski definition) is 2. The molecule has 1 fully saturated rings. The van der Waals surface area contributed by atoms with Crippen molar-refractivity contribution in [2.24, 2.45) is 0 Å². The first-order valence-corrected chi connectivity index (χ1v) is 6.71. The summed E-state index contributed by atoms with van der Waals surface area (Å²) in [5.74, 6) is -1.01. The molecule has 2 N–H and O–H groups in total. The summed E-state index contributed by atoms with van der Waals surface area (Å²) < 4.78 is 41.0. The largest absolute Gasteiger partial charge is 0.481 e. The molecule has 0 spiro atoms. The zero-order valence-electron chi connectivity index (χ0n) is 11.5. The minimum atomic E-state index is -4.17. The van der Waals surface area contributed by atoms with Gasteiger partial charge in [-0.1, -0.05) is 0 Å². The van der Waals surface area contributed by atoms with Crippen molar-refractivity contribution in [3.63, 3.8) is 0 Å².